The topological polar surface area (TPSA) is 55.6 Å². The molecule has 2 aromatic rings. The lowest BCUT2D eigenvalue weighted by Crippen LogP contribution is -2.25. The van der Waals surface area contributed by atoms with Crippen LogP contribution < -0.4 is 5.32 Å². The molecule has 2 saturated carbocycles. The van der Waals surface area contributed by atoms with Crippen LogP contribution in [0, 0.1) is 11.8 Å². The summed E-state index contributed by atoms with van der Waals surface area (Å²) in [5.41, 5.74) is 2.16. The van der Waals surface area contributed by atoms with Crippen molar-refractivity contribution < 1.29 is 0 Å². The standard InChI is InChI=1S/C14H17N5/c1-2-4-13(19-9-15-17-18-19)12(3-1)16-14(10-5-6-10)11-7-8-11/h1-4,9-11,14,16H,5-8H2. The molecule has 1 aromatic carbocycles. The largest absolute Gasteiger partial charge is 0.380 e. The summed E-state index contributed by atoms with van der Waals surface area (Å²) < 4.78 is 1.72. The van der Waals surface area contributed by atoms with E-state index in [-0.39, 0.29) is 0 Å². The molecule has 0 spiro atoms. The van der Waals surface area contributed by atoms with Crippen molar-refractivity contribution in [3.8, 4) is 5.69 Å². The first-order chi connectivity index (χ1) is 9.42. The van der Waals surface area contributed by atoms with Crippen LogP contribution in [0.15, 0.2) is 30.6 Å². The van der Waals surface area contributed by atoms with Crippen LogP contribution in [0.4, 0.5) is 5.69 Å². The Labute approximate surface area is 112 Å². The minimum Gasteiger partial charge on any atom is -0.380 e. The quantitative estimate of drug-likeness (QED) is 0.890. The summed E-state index contributed by atoms with van der Waals surface area (Å²) >= 11 is 0. The molecule has 0 amide bonds. The zero-order valence-electron chi connectivity index (χ0n) is 10.7. The van der Waals surface area contributed by atoms with Gasteiger partial charge in [-0.25, -0.2) is 0 Å². The van der Waals surface area contributed by atoms with E-state index in [9.17, 15) is 0 Å². The summed E-state index contributed by atoms with van der Waals surface area (Å²) in [6.07, 6.45) is 7.15. The fourth-order valence-corrected chi connectivity index (χ4v) is 2.78. The smallest absolute Gasteiger partial charge is 0.143 e. The van der Waals surface area contributed by atoms with Gasteiger partial charge in [0.2, 0.25) is 0 Å². The molecule has 0 unspecified atom stereocenters. The number of hydrogen-bond donors (Lipinski definition) is 1. The number of hydrogen-bond acceptors (Lipinski definition) is 4. The van der Waals surface area contributed by atoms with E-state index < -0.39 is 0 Å². The molecular formula is C14H17N5. The molecule has 98 valence electrons. The van der Waals surface area contributed by atoms with Gasteiger partial charge in [0.05, 0.1) is 11.4 Å². The third-order valence-electron chi connectivity index (χ3n) is 4.08. The van der Waals surface area contributed by atoms with E-state index >= 15 is 0 Å². The second-order valence-electron chi connectivity index (χ2n) is 5.62. The molecule has 5 heteroatoms. The number of nitrogens with one attached hydrogen (secondary N) is 1. The molecule has 0 bridgehead atoms. The van der Waals surface area contributed by atoms with Crippen LogP contribution in [0.3, 0.4) is 0 Å². The van der Waals surface area contributed by atoms with Crippen LogP contribution in [-0.2, 0) is 0 Å². The Hall–Kier alpha value is -1.91. The van der Waals surface area contributed by atoms with Crippen LogP contribution in [0.5, 0.6) is 0 Å². The highest BCUT2D eigenvalue weighted by Crippen LogP contribution is 2.46. The van der Waals surface area contributed by atoms with Gasteiger partial charge in [-0.3, -0.25) is 0 Å². The molecule has 0 saturated heterocycles. The molecule has 5 nitrogen and oxygen atoms in total. The molecule has 0 aliphatic heterocycles. The number of tetrazole rings is 1. The van der Waals surface area contributed by atoms with Crippen LogP contribution >= 0.6 is 0 Å². The molecule has 2 aliphatic carbocycles. The molecule has 0 atom stereocenters. The van der Waals surface area contributed by atoms with E-state index in [2.05, 4.69) is 39.0 Å². The molecule has 2 fully saturated rings. The van der Waals surface area contributed by atoms with Gasteiger partial charge in [0, 0.05) is 6.04 Å². The summed E-state index contributed by atoms with van der Waals surface area (Å²) in [5.74, 6) is 1.74. The van der Waals surface area contributed by atoms with Crippen molar-refractivity contribution in [2.24, 2.45) is 11.8 Å². The highest BCUT2D eigenvalue weighted by molar-refractivity contribution is 5.61. The highest BCUT2D eigenvalue weighted by Gasteiger charge is 2.41. The van der Waals surface area contributed by atoms with Crippen molar-refractivity contribution >= 4 is 5.69 Å². The highest BCUT2D eigenvalue weighted by atomic mass is 15.5. The first-order valence-electron chi connectivity index (χ1n) is 7.01. The Morgan fingerprint density at radius 1 is 1.11 bits per heavy atom. The van der Waals surface area contributed by atoms with Gasteiger partial charge in [-0.2, -0.15) is 4.68 Å². The number of anilines is 1. The molecule has 2 aliphatic rings. The average molecular weight is 255 g/mol. The number of nitrogens with zero attached hydrogens (tertiary/aromatic N) is 4. The summed E-state index contributed by atoms with van der Waals surface area (Å²) in [4.78, 5) is 0. The Morgan fingerprint density at radius 2 is 1.84 bits per heavy atom. The van der Waals surface area contributed by atoms with Crippen LogP contribution in [-0.4, -0.2) is 26.2 Å². The van der Waals surface area contributed by atoms with Gasteiger partial charge in [-0.15, -0.1) is 5.10 Å². The van der Waals surface area contributed by atoms with Crippen molar-refractivity contribution in [3.05, 3.63) is 30.6 Å². The van der Waals surface area contributed by atoms with Crippen molar-refractivity contribution in [3.63, 3.8) is 0 Å². The minimum atomic E-state index is 0.637. The summed E-state index contributed by atoms with van der Waals surface area (Å²) in [7, 11) is 0. The van der Waals surface area contributed by atoms with Gasteiger partial charge in [0.25, 0.3) is 0 Å². The first-order valence-corrected chi connectivity index (χ1v) is 7.01. The van der Waals surface area contributed by atoms with Gasteiger partial charge >= 0.3 is 0 Å². The first kappa shape index (κ1) is 11.0. The zero-order chi connectivity index (χ0) is 12.7. The van der Waals surface area contributed by atoms with E-state index in [0.717, 1.165) is 23.2 Å². The lowest BCUT2D eigenvalue weighted by Gasteiger charge is -2.20. The van der Waals surface area contributed by atoms with Crippen LogP contribution in [0.2, 0.25) is 0 Å². The fraction of sp³-hybridized carbons (Fsp3) is 0.500. The molecule has 1 aromatic heterocycles. The summed E-state index contributed by atoms with van der Waals surface area (Å²) in [6.45, 7) is 0. The van der Waals surface area contributed by atoms with Crippen molar-refractivity contribution in [2.45, 2.75) is 31.7 Å². The van der Waals surface area contributed by atoms with E-state index in [1.54, 1.807) is 11.0 Å². The summed E-state index contributed by atoms with van der Waals surface area (Å²) in [6, 6.07) is 8.89. The number of rotatable bonds is 5. The second-order valence-corrected chi connectivity index (χ2v) is 5.62. The Balaban J connectivity index is 1.63. The maximum absolute atomic E-state index is 3.99. The predicted octanol–water partition coefficient (Wildman–Crippen LogP) is 2.26. The van der Waals surface area contributed by atoms with E-state index in [0.29, 0.717) is 6.04 Å². The SMILES string of the molecule is c1ccc(-n2cnnn2)c(NC(C2CC2)C2CC2)c1. The van der Waals surface area contributed by atoms with Gasteiger partial charge in [0.15, 0.2) is 0 Å². The Kier molecular flexibility index (Phi) is 2.50. The van der Waals surface area contributed by atoms with E-state index in [4.69, 9.17) is 0 Å². The second kappa shape index (κ2) is 4.33. The van der Waals surface area contributed by atoms with Crippen molar-refractivity contribution in [2.75, 3.05) is 5.32 Å². The normalized spacial score (nSPS) is 18.8. The van der Waals surface area contributed by atoms with E-state index in [1.807, 2.05) is 6.07 Å². The van der Waals surface area contributed by atoms with Gasteiger partial charge in [-0.1, -0.05) is 12.1 Å². The maximum atomic E-state index is 3.99. The van der Waals surface area contributed by atoms with Crippen molar-refractivity contribution in [1.29, 1.82) is 0 Å². The molecule has 1 N–H and O–H groups in total. The maximum Gasteiger partial charge on any atom is 0.143 e. The number of aromatic nitrogens is 4. The number of para-hydroxylation sites is 2. The van der Waals surface area contributed by atoms with E-state index in [1.165, 1.54) is 25.7 Å². The minimum absolute atomic E-state index is 0.637. The lowest BCUT2D eigenvalue weighted by atomic mass is 10.1. The lowest BCUT2D eigenvalue weighted by molar-refractivity contribution is 0.567. The zero-order valence-corrected chi connectivity index (χ0v) is 10.7. The predicted molar refractivity (Wildman–Crippen MR) is 72.0 cm³/mol. The third kappa shape index (κ3) is 2.20. The molecule has 19 heavy (non-hydrogen) atoms. The van der Waals surface area contributed by atoms with Gasteiger partial charge < -0.3 is 5.32 Å². The average Bonchev–Trinajstić information content (AvgIpc) is 3.37. The molecule has 4 rings (SSSR count). The fourth-order valence-electron chi connectivity index (χ4n) is 2.78. The van der Waals surface area contributed by atoms with Crippen LogP contribution in [0.25, 0.3) is 5.69 Å². The van der Waals surface area contributed by atoms with Gasteiger partial charge in [0.1, 0.15) is 6.33 Å². The molecule has 1 heterocycles. The van der Waals surface area contributed by atoms with Gasteiger partial charge in [-0.05, 0) is 60.1 Å². The van der Waals surface area contributed by atoms with Crippen molar-refractivity contribution in [1.82, 2.24) is 20.2 Å². The monoisotopic (exact) mass is 255 g/mol. The third-order valence-corrected chi connectivity index (χ3v) is 4.08. The molecule has 0 radical (unpaired) electrons. The Morgan fingerprint density at radius 3 is 2.47 bits per heavy atom. The summed E-state index contributed by atoms with van der Waals surface area (Å²) in [5, 5.41) is 15.2. The Bertz CT molecular complexity index is 545. The molecular weight excluding hydrogens is 238 g/mol. The van der Waals surface area contributed by atoms with Crippen LogP contribution in [0.1, 0.15) is 25.7 Å². The number of benzene rings is 1.